The predicted octanol–water partition coefficient (Wildman–Crippen LogP) is 3.39. The molecule has 13 heavy (non-hydrogen) atoms. The number of aliphatic hydroxyl groups excluding tert-OH is 1. The second kappa shape index (κ2) is 3.75. The standard InChI is InChI=1S/C10H10ClIO/c11-7-3-4-9(12)8(5-7)10(13)6-1-2-6/h3-6,10,13H,1-2H2. The van der Waals surface area contributed by atoms with E-state index in [4.69, 9.17) is 11.6 Å². The highest BCUT2D eigenvalue weighted by Crippen LogP contribution is 2.42. The van der Waals surface area contributed by atoms with Gasteiger partial charge in [0.25, 0.3) is 0 Å². The molecule has 0 spiro atoms. The Morgan fingerprint density at radius 2 is 2.15 bits per heavy atom. The van der Waals surface area contributed by atoms with Gasteiger partial charge in [-0.1, -0.05) is 11.6 Å². The van der Waals surface area contributed by atoms with Crippen molar-refractivity contribution < 1.29 is 5.11 Å². The van der Waals surface area contributed by atoms with E-state index in [1.54, 1.807) is 0 Å². The summed E-state index contributed by atoms with van der Waals surface area (Å²) in [5.41, 5.74) is 0.982. The van der Waals surface area contributed by atoms with E-state index in [1.807, 2.05) is 18.2 Å². The van der Waals surface area contributed by atoms with Gasteiger partial charge in [-0.3, -0.25) is 0 Å². The zero-order valence-electron chi connectivity index (χ0n) is 7.00. The molecule has 1 aromatic carbocycles. The molecule has 70 valence electrons. The molecule has 1 atom stereocenters. The third kappa shape index (κ3) is 2.17. The van der Waals surface area contributed by atoms with Gasteiger partial charge in [-0.25, -0.2) is 0 Å². The Balaban J connectivity index is 2.31. The van der Waals surface area contributed by atoms with Crippen LogP contribution in [-0.4, -0.2) is 5.11 Å². The molecule has 0 bridgehead atoms. The maximum atomic E-state index is 9.90. The summed E-state index contributed by atoms with van der Waals surface area (Å²) in [5.74, 6) is 0.465. The van der Waals surface area contributed by atoms with Gasteiger partial charge >= 0.3 is 0 Å². The summed E-state index contributed by atoms with van der Waals surface area (Å²) in [5, 5.41) is 10.6. The van der Waals surface area contributed by atoms with Gasteiger partial charge in [0.15, 0.2) is 0 Å². The third-order valence-electron chi connectivity index (χ3n) is 2.35. The molecule has 1 aliphatic carbocycles. The monoisotopic (exact) mass is 308 g/mol. The molecule has 1 aliphatic rings. The van der Waals surface area contributed by atoms with Gasteiger partial charge in [0.1, 0.15) is 0 Å². The van der Waals surface area contributed by atoms with Crippen molar-refractivity contribution in [1.82, 2.24) is 0 Å². The van der Waals surface area contributed by atoms with E-state index in [0.29, 0.717) is 10.9 Å². The van der Waals surface area contributed by atoms with E-state index in [9.17, 15) is 5.11 Å². The zero-order valence-corrected chi connectivity index (χ0v) is 9.92. The zero-order chi connectivity index (χ0) is 9.42. The van der Waals surface area contributed by atoms with Gasteiger partial charge in [-0.05, 0) is 65.1 Å². The first kappa shape index (κ1) is 9.74. The average Bonchev–Trinajstić information content (AvgIpc) is 2.91. The Kier molecular flexibility index (Phi) is 2.81. The summed E-state index contributed by atoms with van der Waals surface area (Å²) in [4.78, 5) is 0. The van der Waals surface area contributed by atoms with Gasteiger partial charge < -0.3 is 5.11 Å². The van der Waals surface area contributed by atoms with Crippen LogP contribution in [0, 0.1) is 9.49 Å². The van der Waals surface area contributed by atoms with Crippen LogP contribution in [0.1, 0.15) is 24.5 Å². The van der Waals surface area contributed by atoms with Crippen molar-refractivity contribution in [3.63, 3.8) is 0 Å². The van der Waals surface area contributed by atoms with Crippen molar-refractivity contribution in [3.05, 3.63) is 32.4 Å². The molecular weight excluding hydrogens is 298 g/mol. The van der Waals surface area contributed by atoms with Crippen molar-refractivity contribution in [1.29, 1.82) is 0 Å². The van der Waals surface area contributed by atoms with Gasteiger partial charge in [0, 0.05) is 8.59 Å². The molecule has 1 unspecified atom stereocenters. The van der Waals surface area contributed by atoms with E-state index >= 15 is 0 Å². The predicted molar refractivity (Wildman–Crippen MR) is 61.9 cm³/mol. The fourth-order valence-corrected chi connectivity index (χ4v) is 2.24. The van der Waals surface area contributed by atoms with Gasteiger partial charge in [0.05, 0.1) is 6.10 Å². The lowest BCUT2D eigenvalue weighted by Gasteiger charge is -2.11. The minimum Gasteiger partial charge on any atom is -0.388 e. The third-order valence-corrected chi connectivity index (χ3v) is 3.56. The maximum absolute atomic E-state index is 9.90. The van der Waals surface area contributed by atoms with Crippen LogP contribution in [0.5, 0.6) is 0 Å². The van der Waals surface area contributed by atoms with Crippen LogP contribution >= 0.6 is 34.2 Å². The van der Waals surface area contributed by atoms with Crippen molar-refractivity contribution in [3.8, 4) is 0 Å². The summed E-state index contributed by atoms with van der Waals surface area (Å²) >= 11 is 8.11. The van der Waals surface area contributed by atoms with Crippen LogP contribution in [-0.2, 0) is 0 Å². The minimum absolute atomic E-state index is 0.314. The Bertz CT molecular complexity index is 323. The molecule has 1 aromatic rings. The van der Waals surface area contributed by atoms with E-state index in [-0.39, 0.29) is 6.10 Å². The highest BCUT2D eigenvalue weighted by Gasteiger charge is 2.31. The summed E-state index contributed by atoms with van der Waals surface area (Å²) in [6.45, 7) is 0. The molecule has 0 saturated heterocycles. The lowest BCUT2D eigenvalue weighted by atomic mass is 10.1. The second-order valence-corrected chi connectivity index (χ2v) is 5.05. The lowest BCUT2D eigenvalue weighted by molar-refractivity contribution is 0.153. The minimum atomic E-state index is -0.314. The summed E-state index contributed by atoms with van der Waals surface area (Å²) in [7, 11) is 0. The lowest BCUT2D eigenvalue weighted by Crippen LogP contribution is -2.01. The van der Waals surface area contributed by atoms with E-state index in [1.165, 1.54) is 0 Å². The molecule has 3 heteroatoms. The Morgan fingerprint density at radius 1 is 1.46 bits per heavy atom. The number of hydrogen-bond acceptors (Lipinski definition) is 1. The van der Waals surface area contributed by atoms with Gasteiger partial charge in [-0.2, -0.15) is 0 Å². The number of benzene rings is 1. The highest BCUT2D eigenvalue weighted by atomic mass is 127. The van der Waals surface area contributed by atoms with Crippen LogP contribution in [0.25, 0.3) is 0 Å². The van der Waals surface area contributed by atoms with Gasteiger partial charge in [-0.15, -0.1) is 0 Å². The molecule has 0 radical (unpaired) electrons. The smallest absolute Gasteiger partial charge is 0.0828 e. The van der Waals surface area contributed by atoms with Crippen LogP contribution in [0.2, 0.25) is 5.02 Å². The number of aliphatic hydroxyl groups is 1. The molecule has 0 heterocycles. The normalized spacial score (nSPS) is 18.7. The first-order chi connectivity index (χ1) is 6.18. The van der Waals surface area contributed by atoms with Crippen LogP contribution in [0.15, 0.2) is 18.2 Å². The first-order valence-electron chi connectivity index (χ1n) is 4.31. The number of hydrogen-bond donors (Lipinski definition) is 1. The number of rotatable bonds is 2. The van der Waals surface area contributed by atoms with Crippen molar-refractivity contribution in [2.75, 3.05) is 0 Å². The van der Waals surface area contributed by atoms with E-state index < -0.39 is 0 Å². The van der Waals surface area contributed by atoms with Crippen molar-refractivity contribution in [2.45, 2.75) is 18.9 Å². The van der Waals surface area contributed by atoms with Crippen molar-refractivity contribution in [2.24, 2.45) is 5.92 Å². The first-order valence-corrected chi connectivity index (χ1v) is 5.77. The second-order valence-electron chi connectivity index (χ2n) is 3.45. The topological polar surface area (TPSA) is 20.2 Å². The molecule has 2 rings (SSSR count). The Labute approximate surface area is 96.2 Å². The Hall–Kier alpha value is 0.200. The molecule has 1 saturated carbocycles. The largest absolute Gasteiger partial charge is 0.388 e. The summed E-state index contributed by atoms with van der Waals surface area (Å²) in [6, 6.07) is 5.67. The Morgan fingerprint density at radius 3 is 2.77 bits per heavy atom. The summed E-state index contributed by atoms with van der Waals surface area (Å²) in [6.07, 6.45) is 1.97. The average molecular weight is 309 g/mol. The number of halogens is 2. The molecule has 1 N–H and O–H groups in total. The molecule has 0 aliphatic heterocycles. The SMILES string of the molecule is OC(c1cc(Cl)ccc1I)C1CC1. The summed E-state index contributed by atoms with van der Waals surface area (Å²) < 4.78 is 1.10. The molecule has 1 fully saturated rings. The van der Waals surface area contributed by atoms with Crippen LogP contribution < -0.4 is 0 Å². The highest BCUT2D eigenvalue weighted by molar-refractivity contribution is 14.1. The molecule has 0 aromatic heterocycles. The fourth-order valence-electron chi connectivity index (χ4n) is 1.41. The van der Waals surface area contributed by atoms with E-state index in [0.717, 1.165) is 22.0 Å². The van der Waals surface area contributed by atoms with Crippen LogP contribution in [0.4, 0.5) is 0 Å². The van der Waals surface area contributed by atoms with Crippen LogP contribution in [0.3, 0.4) is 0 Å². The fraction of sp³-hybridized carbons (Fsp3) is 0.400. The van der Waals surface area contributed by atoms with Gasteiger partial charge in [0.2, 0.25) is 0 Å². The van der Waals surface area contributed by atoms with E-state index in [2.05, 4.69) is 22.6 Å². The van der Waals surface area contributed by atoms with Crippen molar-refractivity contribution >= 4 is 34.2 Å². The molecular formula is C10H10ClIO. The maximum Gasteiger partial charge on any atom is 0.0828 e. The quantitative estimate of drug-likeness (QED) is 0.830. The molecule has 0 amide bonds. The molecule has 1 nitrogen and oxygen atoms in total.